The maximum atomic E-state index is 11.0. The minimum atomic E-state index is -0.360. The predicted molar refractivity (Wildman–Crippen MR) is 241 cm³/mol. The van der Waals surface area contributed by atoms with Gasteiger partial charge in [-0.1, -0.05) is 0 Å². The van der Waals surface area contributed by atoms with Gasteiger partial charge in [0.1, 0.15) is 26.4 Å². The van der Waals surface area contributed by atoms with E-state index in [0.717, 1.165) is 149 Å². The van der Waals surface area contributed by atoms with Crippen LogP contribution >= 0.6 is 0 Å². The molecule has 0 spiro atoms. The first-order valence-electron chi connectivity index (χ1n) is 22.0. The van der Waals surface area contributed by atoms with Gasteiger partial charge in [-0.15, -0.1) is 0 Å². The number of hydrogen-bond donors (Lipinski definition) is 1. The average Bonchev–Trinajstić information content (AvgIpc) is 3.92. The molecule has 326 valence electrons. The summed E-state index contributed by atoms with van der Waals surface area (Å²) in [6, 6.07) is 23.2. The fraction of sp³-hybridized carbons (Fsp3) is 0.435. The van der Waals surface area contributed by atoms with Gasteiger partial charge in [0.25, 0.3) is 5.69 Å². The molecule has 0 radical (unpaired) electrons. The minimum Gasteiger partial charge on any atom is -0.486 e. The number of hydrogen-bond acceptors (Lipinski definition) is 13. The lowest BCUT2D eigenvalue weighted by atomic mass is 10.2. The molecule has 16 nitrogen and oxygen atoms in total. The molecule has 62 heavy (non-hydrogen) atoms. The van der Waals surface area contributed by atoms with Crippen LogP contribution in [0.5, 0.6) is 23.0 Å². The number of imidazole rings is 2. The highest BCUT2D eigenvalue weighted by atomic mass is 16.6. The second-order valence-corrected chi connectivity index (χ2v) is 16.3. The highest BCUT2D eigenvalue weighted by Gasteiger charge is 2.22. The number of piperazine rings is 2. The first-order valence-corrected chi connectivity index (χ1v) is 22.0. The third-order valence-corrected chi connectivity index (χ3v) is 12.2. The Morgan fingerprint density at radius 3 is 1.48 bits per heavy atom. The van der Waals surface area contributed by atoms with Crippen molar-refractivity contribution in [3.63, 3.8) is 0 Å². The normalized spacial score (nSPS) is 16.6. The van der Waals surface area contributed by atoms with E-state index in [1.165, 1.54) is 23.9 Å². The number of ether oxygens (including phenoxy) is 4. The van der Waals surface area contributed by atoms with Crippen molar-refractivity contribution in [1.29, 1.82) is 0 Å². The quantitative estimate of drug-likeness (QED) is 0.0599. The molecule has 10 rings (SSSR count). The van der Waals surface area contributed by atoms with Gasteiger partial charge < -0.3 is 43.6 Å². The van der Waals surface area contributed by atoms with E-state index in [0.29, 0.717) is 26.4 Å². The van der Waals surface area contributed by atoms with Gasteiger partial charge in [0.05, 0.1) is 39.6 Å². The third-order valence-electron chi connectivity index (χ3n) is 12.2. The van der Waals surface area contributed by atoms with Gasteiger partial charge in [0.15, 0.2) is 23.0 Å². The van der Waals surface area contributed by atoms with E-state index in [1.807, 2.05) is 41.2 Å². The van der Waals surface area contributed by atoms with Crippen LogP contribution < -0.4 is 34.5 Å². The number of nitrogen functional groups attached to an aromatic ring is 1. The molecule has 2 N–H and O–H groups in total. The van der Waals surface area contributed by atoms with E-state index in [2.05, 4.69) is 58.4 Å². The molecule has 16 heteroatoms. The van der Waals surface area contributed by atoms with Crippen molar-refractivity contribution in [2.45, 2.75) is 38.8 Å². The largest absolute Gasteiger partial charge is 0.486 e. The molecule has 0 bridgehead atoms. The number of unbranched alkanes of at least 4 members (excludes halogenated alkanes) is 2. The Bertz CT molecular complexity index is 2460. The van der Waals surface area contributed by atoms with Crippen LogP contribution in [0.4, 0.5) is 22.7 Å². The highest BCUT2D eigenvalue weighted by molar-refractivity contribution is 5.79. The number of aryl methyl sites for hydroxylation is 2. The first kappa shape index (κ1) is 41.1. The van der Waals surface area contributed by atoms with Crippen LogP contribution in [0.3, 0.4) is 0 Å². The predicted octanol–water partition coefficient (Wildman–Crippen LogP) is 6.31. The summed E-state index contributed by atoms with van der Waals surface area (Å²) in [5.74, 6) is 3.40. The molecule has 0 saturated carbocycles. The minimum absolute atomic E-state index is 0.107. The Balaban J connectivity index is 0.000000158. The first-order chi connectivity index (χ1) is 30.4. The standard InChI is InChI=1S/C23H27N5O4.C23H29N5O2/c29-28(30)19-3-5-20-21(15-19)27(17-24-20)8-2-1-7-25-9-11-26(12-10-25)18-4-6-22-23(16-18)32-14-13-31-22;24-18-3-5-20-21(15-18)28(17-25-20)8-2-1-7-26-9-11-27(12-10-26)19-4-6-22-23(16-19)30-14-13-29-22/h3-6,15-17H,1-2,7-14H2;3-6,15-17H,1-2,7-14,24H2. The van der Waals surface area contributed by atoms with E-state index in [-0.39, 0.29) is 10.6 Å². The number of nitro groups is 1. The van der Waals surface area contributed by atoms with Crippen molar-refractivity contribution in [3.05, 3.63) is 95.6 Å². The molecule has 2 aromatic heterocycles. The third kappa shape index (κ3) is 9.76. The number of benzene rings is 4. The maximum Gasteiger partial charge on any atom is 0.271 e. The van der Waals surface area contributed by atoms with Gasteiger partial charge in [-0.25, -0.2) is 9.97 Å². The molecule has 4 aliphatic heterocycles. The summed E-state index contributed by atoms with van der Waals surface area (Å²) in [7, 11) is 0. The van der Waals surface area contributed by atoms with Gasteiger partial charge in [-0.2, -0.15) is 0 Å². The zero-order valence-corrected chi connectivity index (χ0v) is 35.3. The number of nitrogens with two attached hydrogens (primary N) is 1. The summed E-state index contributed by atoms with van der Waals surface area (Å²) in [4.78, 5) is 29.4. The van der Waals surface area contributed by atoms with Crippen LogP contribution in [0.1, 0.15) is 25.7 Å². The van der Waals surface area contributed by atoms with Crippen LogP contribution in [0.25, 0.3) is 22.1 Å². The summed E-state index contributed by atoms with van der Waals surface area (Å²) in [5, 5.41) is 11.0. The van der Waals surface area contributed by atoms with E-state index < -0.39 is 0 Å². The highest BCUT2D eigenvalue weighted by Crippen LogP contribution is 2.35. The molecule has 0 aliphatic carbocycles. The molecule has 4 aromatic carbocycles. The summed E-state index contributed by atoms with van der Waals surface area (Å²) in [6.45, 7) is 14.8. The monoisotopic (exact) mass is 844 g/mol. The number of non-ortho nitro benzene ring substituents is 1. The van der Waals surface area contributed by atoms with Crippen molar-refractivity contribution < 1.29 is 23.9 Å². The van der Waals surface area contributed by atoms with Crippen LogP contribution in [-0.2, 0) is 13.1 Å². The van der Waals surface area contributed by atoms with Crippen molar-refractivity contribution in [2.75, 3.05) is 107 Å². The number of aromatic nitrogens is 4. The van der Waals surface area contributed by atoms with E-state index >= 15 is 0 Å². The van der Waals surface area contributed by atoms with Crippen LogP contribution in [0.15, 0.2) is 85.5 Å². The molecular weight excluding hydrogens is 789 g/mol. The van der Waals surface area contributed by atoms with Crippen LogP contribution in [0.2, 0.25) is 0 Å². The molecule has 2 fully saturated rings. The topological polar surface area (TPSA) is 155 Å². The second-order valence-electron chi connectivity index (χ2n) is 16.3. The van der Waals surface area contributed by atoms with Crippen molar-refractivity contribution in [1.82, 2.24) is 28.9 Å². The van der Waals surface area contributed by atoms with Crippen molar-refractivity contribution in [3.8, 4) is 23.0 Å². The fourth-order valence-electron chi connectivity index (χ4n) is 8.74. The summed E-state index contributed by atoms with van der Waals surface area (Å²) in [6.07, 6.45) is 8.13. The van der Waals surface area contributed by atoms with Gasteiger partial charge in [0.2, 0.25) is 0 Å². The summed E-state index contributed by atoms with van der Waals surface area (Å²) in [5.41, 5.74) is 13.0. The Hall–Kier alpha value is -6.26. The second kappa shape index (κ2) is 19.2. The van der Waals surface area contributed by atoms with Crippen molar-refractivity contribution in [2.24, 2.45) is 0 Å². The van der Waals surface area contributed by atoms with E-state index in [9.17, 15) is 10.1 Å². The van der Waals surface area contributed by atoms with Gasteiger partial charge in [0, 0.05) is 107 Å². The SMILES string of the molecule is Nc1ccc2ncn(CCCCN3CCN(c4ccc5c(c4)OCCO5)CC3)c2c1.O=[N+]([O-])c1ccc2ncn(CCCCN3CCN(c4ccc5c(c4)OCCO5)CC3)c2c1. The molecule has 6 heterocycles. The number of anilines is 3. The average molecular weight is 845 g/mol. The van der Waals surface area contributed by atoms with Gasteiger partial charge >= 0.3 is 0 Å². The molecule has 0 amide bonds. The molecular formula is C46H56N10O6. The number of fused-ring (bicyclic) bond motifs is 4. The molecule has 6 aromatic rings. The molecule has 0 atom stereocenters. The molecule has 0 unspecified atom stereocenters. The Labute approximate surface area is 361 Å². The van der Waals surface area contributed by atoms with E-state index in [1.54, 1.807) is 18.5 Å². The fourth-order valence-corrected chi connectivity index (χ4v) is 8.74. The number of nitro benzene ring substituents is 1. The smallest absolute Gasteiger partial charge is 0.271 e. The summed E-state index contributed by atoms with van der Waals surface area (Å²) >= 11 is 0. The van der Waals surface area contributed by atoms with Crippen LogP contribution in [-0.4, -0.2) is 126 Å². The Morgan fingerprint density at radius 1 is 0.532 bits per heavy atom. The lowest BCUT2D eigenvalue weighted by Crippen LogP contribution is -2.46. The molecule has 4 aliphatic rings. The van der Waals surface area contributed by atoms with Gasteiger partial charge in [-0.3, -0.25) is 19.9 Å². The molecule has 2 saturated heterocycles. The number of rotatable bonds is 13. The maximum absolute atomic E-state index is 11.0. The summed E-state index contributed by atoms with van der Waals surface area (Å²) < 4.78 is 26.9. The van der Waals surface area contributed by atoms with Crippen molar-refractivity contribution >= 4 is 44.8 Å². The zero-order valence-electron chi connectivity index (χ0n) is 35.3. The van der Waals surface area contributed by atoms with E-state index in [4.69, 9.17) is 24.7 Å². The van der Waals surface area contributed by atoms with Gasteiger partial charge in [-0.05, 0) is 87.3 Å². The van der Waals surface area contributed by atoms with Crippen LogP contribution in [0, 0.1) is 10.1 Å². The number of nitrogens with zero attached hydrogens (tertiary/aromatic N) is 9. The zero-order chi connectivity index (χ0) is 42.3. The Kier molecular flexibility index (Phi) is 12.7. The Morgan fingerprint density at radius 2 is 0.984 bits per heavy atom. The lowest BCUT2D eigenvalue weighted by Gasteiger charge is -2.36. The lowest BCUT2D eigenvalue weighted by molar-refractivity contribution is -0.384.